The number of hydrogen-bond donors (Lipinski definition) is 6. The molecule has 6 N–H and O–H groups in total. The van der Waals surface area contributed by atoms with Crippen LogP contribution in [0.25, 0.3) is 0 Å². The fraction of sp³-hybridized carbons (Fsp3) is 0.974. The van der Waals surface area contributed by atoms with Crippen LogP contribution in [0.15, 0.2) is 0 Å². The summed E-state index contributed by atoms with van der Waals surface area (Å²) in [6, 6.07) is 0. The fourth-order valence-corrected chi connectivity index (χ4v) is 7.39. The Bertz CT molecular complexity index is 864. The van der Waals surface area contributed by atoms with E-state index in [0.29, 0.717) is 13.0 Å². The summed E-state index contributed by atoms with van der Waals surface area (Å²) in [6.07, 6.45) is 16.1. The normalized spacial score (nSPS) is 24.0. The molecule has 1 rings (SSSR count). The van der Waals surface area contributed by atoms with Crippen LogP contribution in [0.4, 0.5) is 0 Å². The van der Waals surface area contributed by atoms with Crippen molar-refractivity contribution >= 4 is 13.8 Å². The lowest BCUT2D eigenvalue weighted by atomic mass is 9.85. The molecule has 0 amide bonds. The third kappa shape index (κ3) is 23.7. The fourth-order valence-electron chi connectivity index (χ4n) is 6.41. The zero-order chi connectivity index (χ0) is 37.7. The number of hydrogen-bond acceptors (Lipinski definition) is 11. The van der Waals surface area contributed by atoms with E-state index in [-0.39, 0.29) is 13.0 Å². The van der Waals surface area contributed by atoms with Gasteiger partial charge in [0.05, 0.1) is 13.2 Å². The van der Waals surface area contributed by atoms with Crippen molar-refractivity contribution in [1.29, 1.82) is 0 Å². The molecule has 1 aliphatic rings. The van der Waals surface area contributed by atoms with Crippen molar-refractivity contribution in [3.63, 3.8) is 0 Å². The highest BCUT2D eigenvalue weighted by Gasteiger charge is 2.51. The Balaban J connectivity index is 2.45. The predicted octanol–water partition coefficient (Wildman–Crippen LogP) is 7.03. The highest BCUT2D eigenvalue weighted by molar-refractivity contribution is 7.47. The van der Waals surface area contributed by atoms with Gasteiger partial charge in [-0.15, -0.1) is 0 Å². The molecule has 0 aromatic rings. The van der Waals surface area contributed by atoms with Gasteiger partial charge >= 0.3 is 13.8 Å². The third-order valence-electron chi connectivity index (χ3n) is 9.73. The highest BCUT2D eigenvalue weighted by Crippen LogP contribution is 2.47. The number of unbranched alkanes of at least 4 members (excludes halogenated alkanes) is 22. The molecular weight excluding hydrogens is 679 g/mol. The summed E-state index contributed by atoms with van der Waals surface area (Å²) in [5.74, 6) is -0.475. The molecule has 1 aliphatic carbocycles. The lowest BCUT2D eigenvalue weighted by molar-refractivity contribution is -0.220. The van der Waals surface area contributed by atoms with E-state index in [9.17, 15) is 39.8 Å². The Hall–Kier alpha value is -0.660. The van der Waals surface area contributed by atoms with E-state index >= 15 is 0 Å². The molecular formula is C38H75O12P. The summed E-state index contributed by atoms with van der Waals surface area (Å²) in [5, 5.41) is 50.0. The number of ether oxygens (including phenoxy) is 2. The average molecular weight is 755 g/mol. The van der Waals surface area contributed by atoms with Gasteiger partial charge in [0, 0.05) is 13.0 Å². The van der Waals surface area contributed by atoms with Gasteiger partial charge in [-0.2, -0.15) is 0 Å². The number of phosphoric ester groups is 1. The molecule has 0 spiro atoms. The topological polar surface area (TPSA) is 192 Å². The van der Waals surface area contributed by atoms with Crippen molar-refractivity contribution in [2.45, 2.75) is 217 Å². The second-order valence-electron chi connectivity index (χ2n) is 14.5. The number of carbonyl (C=O) groups excluding carboxylic acids is 1. The van der Waals surface area contributed by atoms with Crippen LogP contribution >= 0.6 is 7.82 Å². The van der Waals surface area contributed by atoms with Crippen LogP contribution in [0.5, 0.6) is 0 Å². The average Bonchev–Trinajstić information content (AvgIpc) is 3.11. The summed E-state index contributed by atoms with van der Waals surface area (Å²) in [7, 11) is -5.00. The molecule has 0 radical (unpaired) electrons. The van der Waals surface area contributed by atoms with Gasteiger partial charge in [-0.05, 0) is 12.8 Å². The maximum absolute atomic E-state index is 12.7. The number of carbonyl (C=O) groups is 1. The first-order valence-electron chi connectivity index (χ1n) is 20.4. The Labute approximate surface area is 308 Å². The maximum atomic E-state index is 12.7. The summed E-state index contributed by atoms with van der Waals surface area (Å²) in [5.41, 5.74) is 0. The lowest BCUT2D eigenvalue weighted by Gasteiger charge is -2.41. The molecule has 304 valence electrons. The predicted molar refractivity (Wildman–Crippen MR) is 198 cm³/mol. The first-order valence-corrected chi connectivity index (χ1v) is 21.9. The minimum atomic E-state index is -5.00. The number of aliphatic hydroxyl groups is 5. The van der Waals surface area contributed by atoms with Crippen LogP contribution in [0, 0.1) is 0 Å². The maximum Gasteiger partial charge on any atom is 0.472 e. The smallest absolute Gasteiger partial charge is 0.457 e. The van der Waals surface area contributed by atoms with E-state index in [2.05, 4.69) is 13.8 Å². The van der Waals surface area contributed by atoms with Crippen LogP contribution in [0.1, 0.15) is 174 Å². The van der Waals surface area contributed by atoms with E-state index < -0.39 is 63.1 Å². The second-order valence-corrected chi connectivity index (χ2v) is 15.9. The number of phosphoric acid groups is 1. The molecule has 12 nitrogen and oxygen atoms in total. The molecule has 51 heavy (non-hydrogen) atoms. The zero-order valence-electron chi connectivity index (χ0n) is 31.9. The van der Waals surface area contributed by atoms with Crippen LogP contribution in [-0.4, -0.2) is 98.9 Å². The molecule has 1 saturated carbocycles. The van der Waals surface area contributed by atoms with Crippen molar-refractivity contribution in [2.24, 2.45) is 0 Å². The van der Waals surface area contributed by atoms with Crippen LogP contribution in [0.2, 0.25) is 0 Å². The molecule has 0 aliphatic heterocycles. The summed E-state index contributed by atoms with van der Waals surface area (Å²) in [6.45, 7) is 4.25. The van der Waals surface area contributed by atoms with Crippen LogP contribution in [0.3, 0.4) is 0 Å². The van der Waals surface area contributed by atoms with Crippen molar-refractivity contribution in [3.8, 4) is 0 Å². The van der Waals surface area contributed by atoms with Gasteiger partial charge in [-0.3, -0.25) is 13.8 Å². The second kappa shape index (κ2) is 30.6. The Morgan fingerprint density at radius 1 is 0.549 bits per heavy atom. The first-order chi connectivity index (χ1) is 24.5. The SMILES string of the molecule is CCCCCCCCCCCCCCOCC(COP(=O)(O)OC1C(O)C(O)C(O)C(O)C1O)OC(=O)CCCCCCCCCCCCCC. The Kier molecular flexibility index (Phi) is 29.1. The summed E-state index contributed by atoms with van der Waals surface area (Å²) < 4.78 is 34.0. The van der Waals surface area contributed by atoms with Crippen molar-refractivity contribution in [2.75, 3.05) is 19.8 Å². The van der Waals surface area contributed by atoms with Crippen molar-refractivity contribution in [1.82, 2.24) is 0 Å². The third-order valence-corrected chi connectivity index (χ3v) is 10.7. The van der Waals surface area contributed by atoms with E-state index in [1.165, 1.54) is 109 Å². The van der Waals surface area contributed by atoms with Crippen LogP contribution in [-0.2, 0) is 27.9 Å². The van der Waals surface area contributed by atoms with Gasteiger partial charge in [0.2, 0.25) is 0 Å². The van der Waals surface area contributed by atoms with Gasteiger partial charge in [-0.25, -0.2) is 4.57 Å². The van der Waals surface area contributed by atoms with Crippen molar-refractivity contribution < 1.29 is 58.3 Å². The first kappa shape index (κ1) is 48.4. The molecule has 0 heterocycles. The van der Waals surface area contributed by atoms with E-state index in [1.807, 2.05) is 0 Å². The molecule has 13 heteroatoms. The van der Waals surface area contributed by atoms with E-state index in [4.69, 9.17) is 18.5 Å². The molecule has 0 aromatic heterocycles. The monoisotopic (exact) mass is 754 g/mol. The quantitative estimate of drug-likeness (QED) is 0.0224. The molecule has 6 atom stereocenters. The van der Waals surface area contributed by atoms with Crippen molar-refractivity contribution in [3.05, 3.63) is 0 Å². The van der Waals surface area contributed by atoms with Gasteiger partial charge in [-0.1, -0.05) is 155 Å². The largest absolute Gasteiger partial charge is 0.472 e. The highest BCUT2D eigenvalue weighted by atomic mass is 31.2. The molecule has 1 fully saturated rings. The zero-order valence-corrected chi connectivity index (χ0v) is 32.8. The number of esters is 1. The van der Waals surface area contributed by atoms with Gasteiger partial charge in [0.1, 0.15) is 42.7 Å². The molecule has 0 saturated heterocycles. The minimum Gasteiger partial charge on any atom is -0.457 e. The Morgan fingerprint density at radius 2 is 0.922 bits per heavy atom. The van der Waals surface area contributed by atoms with Gasteiger partial charge in [0.15, 0.2) is 0 Å². The van der Waals surface area contributed by atoms with Gasteiger partial charge in [0.25, 0.3) is 0 Å². The van der Waals surface area contributed by atoms with E-state index in [0.717, 1.165) is 38.5 Å². The Morgan fingerprint density at radius 3 is 1.35 bits per heavy atom. The summed E-state index contributed by atoms with van der Waals surface area (Å²) in [4.78, 5) is 23.0. The van der Waals surface area contributed by atoms with Gasteiger partial charge < -0.3 is 39.9 Å². The number of rotatable bonds is 34. The lowest BCUT2D eigenvalue weighted by Crippen LogP contribution is -2.64. The van der Waals surface area contributed by atoms with Crippen LogP contribution < -0.4 is 0 Å². The number of aliphatic hydroxyl groups excluding tert-OH is 5. The minimum absolute atomic E-state index is 0.0689. The molecule has 0 aromatic carbocycles. The van der Waals surface area contributed by atoms with E-state index in [1.54, 1.807) is 0 Å². The standard InChI is InChI=1S/C38H75O12P/c1-3-5-7-9-11-13-15-17-19-21-23-25-27-32(39)49-31(29-47-28-26-24-22-20-18-16-14-12-10-8-6-4-2)30-48-51(45,46)50-38-36(43)34(41)33(40)35(42)37(38)44/h31,33-38,40-44H,3-30H2,1-2H3,(H,45,46). The molecule has 0 bridgehead atoms. The molecule has 6 unspecified atom stereocenters. The summed E-state index contributed by atoms with van der Waals surface area (Å²) >= 11 is 0.